The van der Waals surface area contributed by atoms with E-state index in [1.807, 2.05) is 0 Å². The first-order valence-electron chi connectivity index (χ1n) is 9.85. The molecule has 2 aromatic heterocycles. The van der Waals surface area contributed by atoms with Gasteiger partial charge in [0.05, 0.1) is 28.8 Å². The normalized spacial score (nSPS) is 15.6. The third kappa shape index (κ3) is 4.00. The van der Waals surface area contributed by atoms with Gasteiger partial charge in [0.15, 0.2) is 0 Å². The minimum absolute atomic E-state index is 0.0635. The highest BCUT2D eigenvalue weighted by Crippen LogP contribution is 2.33. The van der Waals surface area contributed by atoms with Gasteiger partial charge in [-0.1, -0.05) is 30.9 Å². The fraction of sp³-hybridized carbons (Fsp3) is 0.333. The van der Waals surface area contributed by atoms with Crippen molar-refractivity contribution in [2.45, 2.75) is 37.6 Å². The van der Waals surface area contributed by atoms with Crippen molar-refractivity contribution in [1.82, 2.24) is 25.1 Å². The fourth-order valence-electron chi connectivity index (χ4n) is 3.83. The standard InChI is InChI=1S/C21H22ClFN6O/c1-24-19(30)21(9-3-2-4-10-21)28-20-25-12-17(22)18(27-20)14-11-26-29(13-14)16-7-5-15(23)6-8-16/h5-8,11-13H,2-4,9-10H2,1H3,(H,24,30)(H,25,27,28). The summed E-state index contributed by atoms with van der Waals surface area (Å²) >= 11 is 6.36. The number of halogens is 2. The van der Waals surface area contributed by atoms with Gasteiger partial charge in [-0.15, -0.1) is 0 Å². The lowest BCUT2D eigenvalue weighted by atomic mass is 9.81. The van der Waals surface area contributed by atoms with Gasteiger partial charge in [-0.25, -0.2) is 19.0 Å². The lowest BCUT2D eigenvalue weighted by Crippen LogP contribution is -2.53. The second-order valence-corrected chi connectivity index (χ2v) is 7.79. The molecule has 1 saturated carbocycles. The summed E-state index contributed by atoms with van der Waals surface area (Å²) in [6.45, 7) is 0. The van der Waals surface area contributed by atoms with E-state index in [2.05, 4.69) is 25.7 Å². The molecule has 0 atom stereocenters. The Labute approximate surface area is 178 Å². The molecule has 7 nitrogen and oxygen atoms in total. The number of hydrogen-bond donors (Lipinski definition) is 2. The van der Waals surface area contributed by atoms with E-state index in [1.54, 1.807) is 36.3 Å². The highest BCUT2D eigenvalue weighted by atomic mass is 35.5. The van der Waals surface area contributed by atoms with Crippen LogP contribution in [-0.4, -0.2) is 38.2 Å². The van der Waals surface area contributed by atoms with Crippen molar-refractivity contribution in [3.63, 3.8) is 0 Å². The van der Waals surface area contributed by atoms with Gasteiger partial charge in [-0.05, 0) is 37.1 Å². The molecular weight excluding hydrogens is 407 g/mol. The highest BCUT2D eigenvalue weighted by molar-refractivity contribution is 6.32. The molecule has 30 heavy (non-hydrogen) atoms. The smallest absolute Gasteiger partial charge is 0.245 e. The largest absolute Gasteiger partial charge is 0.357 e. The number of nitrogens with one attached hydrogen (secondary N) is 2. The van der Waals surface area contributed by atoms with Crippen LogP contribution in [0.1, 0.15) is 32.1 Å². The molecule has 2 N–H and O–H groups in total. The Morgan fingerprint density at radius 3 is 2.60 bits per heavy atom. The van der Waals surface area contributed by atoms with Crippen LogP contribution in [0.5, 0.6) is 0 Å². The minimum Gasteiger partial charge on any atom is -0.357 e. The molecule has 0 aliphatic heterocycles. The quantitative estimate of drug-likeness (QED) is 0.642. The molecule has 0 spiro atoms. The zero-order valence-electron chi connectivity index (χ0n) is 16.5. The molecule has 0 bridgehead atoms. The second-order valence-electron chi connectivity index (χ2n) is 7.39. The number of likely N-dealkylation sites (N-methyl/N-ethyl adjacent to an activating group) is 1. The van der Waals surface area contributed by atoms with Crippen LogP contribution in [0, 0.1) is 5.82 Å². The van der Waals surface area contributed by atoms with E-state index >= 15 is 0 Å². The predicted molar refractivity (Wildman–Crippen MR) is 113 cm³/mol. The van der Waals surface area contributed by atoms with Gasteiger partial charge in [0.2, 0.25) is 11.9 Å². The van der Waals surface area contributed by atoms with Crippen LogP contribution in [0.2, 0.25) is 5.02 Å². The zero-order chi connectivity index (χ0) is 21.1. The third-order valence-corrected chi connectivity index (χ3v) is 5.69. The van der Waals surface area contributed by atoms with E-state index in [1.165, 1.54) is 18.3 Å². The molecule has 1 aromatic carbocycles. The summed E-state index contributed by atoms with van der Waals surface area (Å²) in [6, 6.07) is 6.02. The average Bonchev–Trinajstić information content (AvgIpc) is 3.25. The first kappa shape index (κ1) is 20.3. The summed E-state index contributed by atoms with van der Waals surface area (Å²) in [5.41, 5.74) is 1.18. The summed E-state index contributed by atoms with van der Waals surface area (Å²) in [5, 5.41) is 10.7. The number of benzene rings is 1. The van der Waals surface area contributed by atoms with E-state index in [-0.39, 0.29) is 11.7 Å². The van der Waals surface area contributed by atoms with E-state index < -0.39 is 5.54 Å². The Kier molecular flexibility index (Phi) is 5.67. The lowest BCUT2D eigenvalue weighted by Gasteiger charge is -2.36. The molecule has 1 aliphatic rings. The maximum absolute atomic E-state index is 13.2. The van der Waals surface area contributed by atoms with Crippen molar-refractivity contribution in [3.8, 4) is 16.9 Å². The summed E-state index contributed by atoms with van der Waals surface area (Å²) in [7, 11) is 1.64. The molecule has 0 saturated heterocycles. The summed E-state index contributed by atoms with van der Waals surface area (Å²) < 4.78 is 14.8. The first-order valence-corrected chi connectivity index (χ1v) is 10.2. The summed E-state index contributed by atoms with van der Waals surface area (Å²) in [6.07, 6.45) is 9.39. The predicted octanol–water partition coefficient (Wildman–Crippen LogP) is 3.98. The Morgan fingerprint density at radius 2 is 1.90 bits per heavy atom. The molecule has 0 radical (unpaired) electrons. The number of anilines is 1. The van der Waals surface area contributed by atoms with Crippen molar-refractivity contribution in [2.24, 2.45) is 0 Å². The number of carbonyl (C=O) groups is 1. The van der Waals surface area contributed by atoms with Crippen molar-refractivity contribution < 1.29 is 9.18 Å². The third-order valence-electron chi connectivity index (χ3n) is 5.41. The van der Waals surface area contributed by atoms with Crippen molar-refractivity contribution in [3.05, 3.63) is 53.7 Å². The number of nitrogens with zero attached hydrogens (tertiary/aromatic N) is 4. The molecule has 1 aliphatic carbocycles. The zero-order valence-corrected chi connectivity index (χ0v) is 17.3. The molecule has 1 fully saturated rings. The number of hydrogen-bond acceptors (Lipinski definition) is 5. The first-order chi connectivity index (χ1) is 14.5. The Morgan fingerprint density at radius 1 is 1.17 bits per heavy atom. The Hall–Kier alpha value is -3.00. The molecular formula is C21H22ClFN6O. The summed E-state index contributed by atoms with van der Waals surface area (Å²) in [4.78, 5) is 21.5. The highest BCUT2D eigenvalue weighted by Gasteiger charge is 2.39. The van der Waals surface area contributed by atoms with Crippen molar-refractivity contribution >= 4 is 23.5 Å². The van der Waals surface area contributed by atoms with Crippen LogP contribution in [0.15, 0.2) is 42.9 Å². The van der Waals surface area contributed by atoms with Gasteiger partial charge in [-0.3, -0.25) is 4.79 Å². The Balaban J connectivity index is 1.64. The minimum atomic E-state index is -0.726. The Bertz CT molecular complexity index is 1050. The van der Waals surface area contributed by atoms with Crippen molar-refractivity contribution in [1.29, 1.82) is 0 Å². The van der Waals surface area contributed by atoms with Crippen LogP contribution >= 0.6 is 11.6 Å². The van der Waals surface area contributed by atoms with Gasteiger partial charge in [-0.2, -0.15) is 5.10 Å². The van der Waals surface area contributed by atoms with Crippen LogP contribution in [0.4, 0.5) is 10.3 Å². The lowest BCUT2D eigenvalue weighted by molar-refractivity contribution is -0.126. The van der Waals surface area contributed by atoms with Crippen LogP contribution < -0.4 is 10.6 Å². The molecule has 2 heterocycles. The number of aromatic nitrogens is 4. The van der Waals surface area contributed by atoms with Gasteiger partial charge in [0.1, 0.15) is 11.4 Å². The molecule has 4 rings (SSSR count). The van der Waals surface area contributed by atoms with Crippen LogP contribution in [0.3, 0.4) is 0 Å². The number of carbonyl (C=O) groups excluding carboxylic acids is 1. The molecule has 1 amide bonds. The van der Waals surface area contributed by atoms with Gasteiger partial charge in [0, 0.05) is 18.8 Å². The van der Waals surface area contributed by atoms with Gasteiger partial charge >= 0.3 is 0 Å². The van der Waals surface area contributed by atoms with Crippen molar-refractivity contribution in [2.75, 3.05) is 12.4 Å². The van der Waals surface area contributed by atoms with Gasteiger partial charge < -0.3 is 10.6 Å². The molecule has 9 heteroatoms. The van der Waals surface area contributed by atoms with Crippen LogP contribution in [-0.2, 0) is 4.79 Å². The number of amides is 1. The fourth-order valence-corrected chi connectivity index (χ4v) is 4.03. The van der Waals surface area contributed by atoms with E-state index in [9.17, 15) is 9.18 Å². The van der Waals surface area contributed by atoms with E-state index in [4.69, 9.17) is 11.6 Å². The van der Waals surface area contributed by atoms with Gasteiger partial charge in [0.25, 0.3) is 0 Å². The summed E-state index contributed by atoms with van der Waals surface area (Å²) in [5.74, 6) is -0.0330. The van der Waals surface area contributed by atoms with Crippen LogP contribution in [0.25, 0.3) is 16.9 Å². The maximum Gasteiger partial charge on any atom is 0.245 e. The average molecular weight is 429 g/mol. The molecule has 0 unspecified atom stereocenters. The van der Waals surface area contributed by atoms with E-state index in [0.717, 1.165) is 32.1 Å². The SMILES string of the molecule is CNC(=O)C1(Nc2ncc(Cl)c(-c3cnn(-c4ccc(F)cc4)c3)n2)CCCCC1. The van der Waals surface area contributed by atoms with E-state index in [0.29, 0.717) is 27.9 Å². The monoisotopic (exact) mass is 428 g/mol. The number of rotatable bonds is 5. The molecule has 3 aromatic rings. The topological polar surface area (TPSA) is 84.7 Å². The second kappa shape index (κ2) is 8.39. The maximum atomic E-state index is 13.2. The molecule has 156 valence electrons.